The Kier molecular flexibility index (Phi) is 3.53. The van der Waals surface area contributed by atoms with Crippen LogP contribution in [0.2, 0.25) is 0 Å². The average molecular weight is 243 g/mol. The van der Waals surface area contributed by atoms with Crippen LogP contribution in [0.5, 0.6) is 0 Å². The number of benzene rings is 1. The Hall–Kier alpha value is -1.61. The molecule has 0 radical (unpaired) electrons. The van der Waals surface area contributed by atoms with Gasteiger partial charge in [-0.1, -0.05) is 38.1 Å². The van der Waals surface area contributed by atoms with Crippen LogP contribution >= 0.6 is 0 Å². The zero-order valence-corrected chi connectivity index (χ0v) is 11.6. The molecule has 96 valence electrons. The molecule has 0 bridgehead atoms. The standard InChI is InChI=1S/C15H21N3/c1-10(2)12-5-7-13(8-6-12)15-17-11(3)14(9-16)18(15)4/h5-8,10H,9,16H2,1-4H3. The van der Waals surface area contributed by atoms with Gasteiger partial charge in [-0.25, -0.2) is 4.98 Å². The Morgan fingerprint density at radius 1 is 1.22 bits per heavy atom. The molecule has 0 aliphatic rings. The molecule has 0 saturated heterocycles. The van der Waals surface area contributed by atoms with Crippen molar-refractivity contribution >= 4 is 0 Å². The van der Waals surface area contributed by atoms with Crippen LogP contribution in [0.4, 0.5) is 0 Å². The van der Waals surface area contributed by atoms with Crippen molar-refractivity contribution in [3.05, 3.63) is 41.2 Å². The van der Waals surface area contributed by atoms with Gasteiger partial charge in [-0.05, 0) is 18.4 Å². The molecule has 2 rings (SSSR count). The van der Waals surface area contributed by atoms with Gasteiger partial charge in [-0.3, -0.25) is 0 Å². The number of rotatable bonds is 3. The van der Waals surface area contributed by atoms with Crippen molar-refractivity contribution < 1.29 is 0 Å². The van der Waals surface area contributed by atoms with Gasteiger partial charge in [0, 0.05) is 19.2 Å². The first kappa shape index (κ1) is 12.8. The molecule has 0 unspecified atom stereocenters. The smallest absolute Gasteiger partial charge is 0.140 e. The van der Waals surface area contributed by atoms with Crippen LogP contribution in [0.3, 0.4) is 0 Å². The van der Waals surface area contributed by atoms with Crippen molar-refractivity contribution in [2.45, 2.75) is 33.2 Å². The lowest BCUT2D eigenvalue weighted by Gasteiger charge is -2.08. The van der Waals surface area contributed by atoms with Gasteiger partial charge in [0.25, 0.3) is 0 Å². The third-order valence-corrected chi connectivity index (χ3v) is 3.44. The summed E-state index contributed by atoms with van der Waals surface area (Å²) in [5.74, 6) is 1.55. The molecule has 3 heteroatoms. The highest BCUT2D eigenvalue weighted by atomic mass is 15.1. The first-order valence-electron chi connectivity index (χ1n) is 6.37. The maximum absolute atomic E-state index is 5.75. The molecule has 0 atom stereocenters. The number of imidazole rings is 1. The van der Waals surface area contributed by atoms with E-state index in [-0.39, 0.29) is 0 Å². The minimum absolute atomic E-state index is 0.527. The normalized spacial score (nSPS) is 11.2. The monoisotopic (exact) mass is 243 g/mol. The van der Waals surface area contributed by atoms with Gasteiger partial charge in [-0.2, -0.15) is 0 Å². The Balaban J connectivity index is 2.43. The van der Waals surface area contributed by atoms with Crippen LogP contribution < -0.4 is 5.73 Å². The molecule has 0 aliphatic carbocycles. The van der Waals surface area contributed by atoms with Crippen LogP contribution in [0, 0.1) is 6.92 Å². The number of hydrogen-bond acceptors (Lipinski definition) is 2. The number of hydrogen-bond donors (Lipinski definition) is 1. The van der Waals surface area contributed by atoms with Gasteiger partial charge < -0.3 is 10.3 Å². The summed E-state index contributed by atoms with van der Waals surface area (Å²) in [5, 5.41) is 0. The summed E-state index contributed by atoms with van der Waals surface area (Å²) in [6.45, 7) is 6.94. The molecule has 2 aromatic rings. The van der Waals surface area contributed by atoms with Gasteiger partial charge in [0.15, 0.2) is 0 Å². The van der Waals surface area contributed by atoms with Crippen LogP contribution in [-0.4, -0.2) is 9.55 Å². The second-order valence-corrected chi connectivity index (χ2v) is 5.01. The topological polar surface area (TPSA) is 43.8 Å². The van der Waals surface area contributed by atoms with Crippen LogP contribution in [0.1, 0.15) is 36.7 Å². The number of nitrogens with two attached hydrogens (primary N) is 1. The Morgan fingerprint density at radius 2 is 1.83 bits per heavy atom. The lowest BCUT2D eigenvalue weighted by Crippen LogP contribution is -2.05. The average Bonchev–Trinajstić information content (AvgIpc) is 2.64. The second kappa shape index (κ2) is 4.94. The van der Waals surface area contributed by atoms with E-state index < -0.39 is 0 Å². The predicted octanol–water partition coefficient (Wildman–Crippen LogP) is 2.98. The predicted molar refractivity (Wildman–Crippen MR) is 75.4 cm³/mol. The van der Waals surface area contributed by atoms with Crippen LogP contribution in [0.15, 0.2) is 24.3 Å². The van der Waals surface area contributed by atoms with Crippen molar-refractivity contribution in [2.24, 2.45) is 12.8 Å². The molecule has 1 aromatic heterocycles. The van der Waals surface area contributed by atoms with E-state index in [0.717, 1.165) is 22.8 Å². The molecule has 0 saturated carbocycles. The van der Waals surface area contributed by atoms with Gasteiger partial charge in [0.2, 0.25) is 0 Å². The highest BCUT2D eigenvalue weighted by molar-refractivity contribution is 5.57. The minimum Gasteiger partial charge on any atom is -0.330 e. The molecule has 2 N–H and O–H groups in total. The van der Waals surface area contributed by atoms with E-state index in [9.17, 15) is 0 Å². The van der Waals surface area contributed by atoms with E-state index in [1.165, 1.54) is 5.56 Å². The molecule has 18 heavy (non-hydrogen) atoms. The lowest BCUT2D eigenvalue weighted by atomic mass is 10.0. The highest BCUT2D eigenvalue weighted by Crippen LogP contribution is 2.23. The fourth-order valence-electron chi connectivity index (χ4n) is 2.23. The fraction of sp³-hybridized carbons (Fsp3) is 0.400. The van der Waals surface area contributed by atoms with Crippen molar-refractivity contribution in [2.75, 3.05) is 0 Å². The summed E-state index contributed by atoms with van der Waals surface area (Å²) in [5.41, 5.74) is 10.4. The molecule has 3 nitrogen and oxygen atoms in total. The maximum atomic E-state index is 5.75. The van der Waals surface area contributed by atoms with Crippen molar-refractivity contribution in [1.82, 2.24) is 9.55 Å². The Morgan fingerprint density at radius 3 is 2.28 bits per heavy atom. The van der Waals surface area contributed by atoms with Gasteiger partial charge in [-0.15, -0.1) is 0 Å². The number of aromatic nitrogens is 2. The zero-order valence-electron chi connectivity index (χ0n) is 11.6. The summed E-state index contributed by atoms with van der Waals surface area (Å²) in [4.78, 5) is 4.61. The maximum Gasteiger partial charge on any atom is 0.140 e. The summed E-state index contributed by atoms with van der Waals surface area (Å²) in [6.07, 6.45) is 0. The van der Waals surface area contributed by atoms with Crippen LogP contribution in [0.25, 0.3) is 11.4 Å². The summed E-state index contributed by atoms with van der Waals surface area (Å²) < 4.78 is 2.08. The van der Waals surface area contributed by atoms with Gasteiger partial charge in [0.1, 0.15) is 5.82 Å². The number of aryl methyl sites for hydroxylation is 1. The molecular formula is C15H21N3. The van der Waals surface area contributed by atoms with Crippen molar-refractivity contribution in [3.8, 4) is 11.4 Å². The van der Waals surface area contributed by atoms with Crippen molar-refractivity contribution in [3.63, 3.8) is 0 Å². The molecule has 0 aliphatic heterocycles. The first-order valence-corrected chi connectivity index (χ1v) is 6.37. The zero-order chi connectivity index (χ0) is 13.3. The number of nitrogens with zero attached hydrogens (tertiary/aromatic N) is 2. The van der Waals surface area contributed by atoms with E-state index in [4.69, 9.17) is 5.73 Å². The summed E-state index contributed by atoms with van der Waals surface area (Å²) in [6, 6.07) is 8.62. The van der Waals surface area contributed by atoms with E-state index in [0.29, 0.717) is 12.5 Å². The molecular weight excluding hydrogens is 222 g/mol. The Bertz CT molecular complexity index is 536. The molecule has 0 spiro atoms. The van der Waals surface area contributed by atoms with E-state index in [1.54, 1.807) is 0 Å². The summed E-state index contributed by atoms with van der Waals surface area (Å²) >= 11 is 0. The summed E-state index contributed by atoms with van der Waals surface area (Å²) in [7, 11) is 2.02. The molecule has 1 heterocycles. The molecule has 0 fully saturated rings. The molecule has 1 aromatic carbocycles. The van der Waals surface area contributed by atoms with E-state index >= 15 is 0 Å². The third-order valence-electron chi connectivity index (χ3n) is 3.44. The molecule has 0 amide bonds. The second-order valence-electron chi connectivity index (χ2n) is 5.01. The van der Waals surface area contributed by atoms with E-state index in [1.807, 2.05) is 14.0 Å². The van der Waals surface area contributed by atoms with Crippen molar-refractivity contribution in [1.29, 1.82) is 0 Å². The largest absolute Gasteiger partial charge is 0.330 e. The first-order chi connectivity index (χ1) is 8.54. The highest BCUT2D eigenvalue weighted by Gasteiger charge is 2.11. The third kappa shape index (κ3) is 2.18. The van der Waals surface area contributed by atoms with E-state index in [2.05, 4.69) is 47.7 Å². The SMILES string of the molecule is Cc1nc(-c2ccc(C(C)C)cc2)n(C)c1CN. The van der Waals surface area contributed by atoms with Gasteiger partial charge in [0.05, 0.1) is 11.4 Å². The fourth-order valence-corrected chi connectivity index (χ4v) is 2.23. The Labute approximate surface area is 109 Å². The quantitative estimate of drug-likeness (QED) is 0.900. The van der Waals surface area contributed by atoms with Crippen LogP contribution in [-0.2, 0) is 13.6 Å². The van der Waals surface area contributed by atoms with Gasteiger partial charge >= 0.3 is 0 Å². The lowest BCUT2D eigenvalue weighted by molar-refractivity contribution is 0.822. The minimum atomic E-state index is 0.527.